The fourth-order valence-electron chi connectivity index (χ4n) is 1.04. The van der Waals surface area contributed by atoms with Crippen molar-refractivity contribution in [3.63, 3.8) is 0 Å². The van der Waals surface area contributed by atoms with Crippen molar-refractivity contribution in [2.75, 3.05) is 11.5 Å². The molecule has 2 N–H and O–H groups in total. The summed E-state index contributed by atoms with van der Waals surface area (Å²) in [5.74, 6) is -0.111. The van der Waals surface area contributed by atoms with E-state index >= 15 is 0 Å². The van der Waals surface area contributed by atoms with Crippen molar-refractivity contribution in [1.82, 2.24) is 4.98 Å². The standard InChI is InChI=1S/C8H11N3O4S2/c1-6-4-7(11(12)13)8(10-5-6)16-2-3-17(9,14)15/h4-5H,2-3H2,1H3,(H2,9,14,15). The molecule has 1 heterocycles. The van der Waals surface area contributed by atoms with Gasteiger partial charge in [0.15, 0.2) is 5.03 Å². The number of rotatable bonds is 5. The van der Waals surface area contributed by atoms with E-state index in [0.29, 0.717) is 5.56 Å². The van der Waals surface area contributed by atoms with Crippen LogP contribution in [-0.2, 0) is 10.0 Å². The number of nitrogens with two attached hydrogens (primary N) is 1. The van der Waals surface area contributed by atoms with Crippen molar-refractivity contribution in [3.05, 3.63) is 27.9 Å². The van der Waals surface area contributed by atoms with Crippen LogP contribution in [0.5, 0.6) is 0 Å². The van der Waals surface area contributed by atoms with Crippen LogP contribution < -0.4 is 5.14 Å². The third-order valence-corrected chi connectivity index (χ3v) is 3.80. The average Bonchev–Trinajstić information content (AvgIpc) is 2.18. The van der Waals surface area contributed by atoms with Crippen molar-refractivity contribution in [1.29, 1.82) is 0 Å². The molecule has 17 heavy (non-hydrogen) atoms. The van der Waals surface area contributed by atoms with Gasteiger partial charge in [-0.25, -0.2) is 18.5 Å². The van der Waals surface area contributed by atoms with Gasteiger partial charge in [-0.1, -0.05) is 11.8 Å². The molecule has 0 aliphatic carbocycles. The molecule has 0 bridgehead atoms. The lowest BCUT2D eigenvalue weighted by molar-refractivity contribution is -0.388. The predicted octanol–water partition coefficient (Wildman–Crippen LogP) is 0.679. The van der Waals surface area contributed by atoms with Gasteiger partial charge >= 0.3 is 5.69 Å². The van der Waals surface area contributed by atoms with Gasteiger partial charge in [-0.3, -0.25) is 10.1 Å². The number of pyridine rings is 1. The third-order valence-electron chi connectivity index (χ3n) is 1.77. The van der Waals surface area contributed by atoms with Gasteiger partial charge < -0.3 is 0 Å². The molecule has 0 atom stereocenters. The van der Waals surface area contributed by atoms with E-state index in [9.17, 15) is 18.5 Å². The number of hydrogen-bond acceptors (Lipinski definition) is 6. The van der Waals surface area contributed by atoms with Gasteiger partial charge in [-0.2, -0.15) is 0 Å². The van der Waals surface area contributed by atoms with E-state index in [2.05, 4.69) is 4.98 Å². The summed E-state index contributed by atoms with van der Waals surface area (Å²) in [5, 5.41) is 15.8. The number of aryl methyl sites for hydroxylation is 1. The highest BCUT2D eigenvalue weighted by molar-refractivity contribution is 8.00. The van der Waals surface area contributed by atoms with Crippen LogP contribution in [0.4, 0.5) is 5.69 Å². The molecule has 1 aromatic rings. The first-order chi connectivity index (χ1) is 7.79. The molecule has 0 aromatic carbocycles. The van der Waals surface area contributed by atoms with Crippen LogP contribution >= 0.6 is 11.8 Å². The van der Waals surface area contributed by atoms with Crippen LogP contribution in [0, 0.1) is 17.0 Å². The van der Waals surface area contributed by atoms with E-state index in [4.69, 9.17) is 5.14 Å². The quantitative estimate of drug-likeness (QED) is 0.480. The summed E-state index contributed by atoms with van der Waals surface area (Å²) in [6.07, 6.45) is 1.49. The lowest BCUT2D eigenvalue weighted by atomic mass is 10.3. The number of nitrogens with zero attached hydrogens (tertiary/aromatic N) is 2. The first-order valence-corrected chi connectivity index (χ1v) is 7.24. The van der Waals surface area contributed by atoms with Gasteiger partial charge in [0, 0.05) is 18.0 Å². The Labute approximate surface area is 103 Å². The van der Waals surface area contributed by atoms with E-state index in [1.165, 1.54) is 12.3 Å². The van der Waals surface area contributed by atoms with Gasteiger partial charge in [0.25, 0.3) is 0 Å². The van der Waals surface area contributed by atoms with Crippen molar-refractivity contribution in [3.8, 4) is 0 Å². The summed E-state index contributed by atoms with van der Waals surface area (Å²) in [6.45, 7) is 1.69. The molecule has 0 fully saturated rings. The number of nitro groups is 1. The van der Waals surface area contributed by atoms with Gasteiger partial charge in [0.1, 0.15) is 0 Å². The number of hydrogen-bond donors (Lipinski definition) is 1. The SMILES string of the molecule is Cc1cnc(SCCS(N)(=O)=O)c([N+](=O)[O-])c1. The van der Waals surface area contributed by atoms with E-state index in [1.54, 1.807) is 6.92 Å². The first kappa shape index (κ1) is 13.9. The average molecular weight is 277 g/mol. The molecule has 0 spiro atoms. The molecule has 1 rings (SSSR count). The van der Waals surface area contributed by atoms with Crippen LogP contribution in [0.3, 0.4) is 0 Å². The van der Waals surface area contributed by atoms with E-state index in [-0.39, 0.29) is 22.2 Å². The Hall–Kier alpha value is -1.19. The van der Waals surface area contributed by atoms with E-state index < -0.39 is 14.9 Å². The highest BCUT2D eigenvalue weighted by Crippen LogP contribution is 2.27. The monoisotopic (exact) mass is 277 g/mol. The summed E-state index contributed by atoms with van der Waals surface area (Å²) in [7, 11) is -3.55. The summed E-state index contributed by atoms with van der Waals surface area (Å²) in [6, 6.07) is 1.40. The van der Waals surface area contributed by atoms with Gasteiger partial charge in [0.2, 0.25) is 10.0 Å². The smallest absolute Gasteiger partial charge is 0.258 e. The molecule has 0 aliphatic heterocycles. The van der Waals surface area contributed by atoms with Gasteiger partial charge in [-0.15, -0.1) is 0 Å². The normalized spacial score (nSPS) is 11.4. The zero-order valence-electron chi connectivity index (χ0n) is 8.99. The Bertz CT molecular complexity index is 530. The molecule has 1 aromatic heterocycles. The number of thioether (sulfide) groups is 1. The van der Waals surface area contributed by atoms with Crippen LogP contribution in [0.15, 0.2) is 17.3 Å². The van der Waals surface area contributed by atoms with Crippen LogP contribution in [-0.4, -0.2) is 29.8 Å². The topological polar surface area (TPSA) is 116 Å². The van der Waals surface area contributed by atoms with Gasteiger partial charge in [0.05, 0.1) is 10.7 Å². The first-order valence-electron chi connectivity index (χ1n) is 4.54. The second-order valence-corrected chi connectivity index (χ2v) is 6.13. The third kappa shape index (κ3) is 4.67. The van der Waals surface area contributed by atoms with Crippen LogP contribution in [0.25, 0.3) is 0 Å². The number of sulfonamides is 1. The second-order valence-electron chi connectivity index (χ2n) is 3.31. The molecule has 0 radical (unpaired) electrons. The largest absolute Gasteiger partial charge is 0.301 e. The Morgan fingerprint density at radius 2 is 2.24 bits per heavy atom. The highest BCUT2D eigenvalue weighted by atomic mass is 32.2. The fraction of sp³-hybridized carbons (Fsp3) is 0.375. The molecular weight excluding hydrogens is 266 g/mol. The zero-order valence-corrected chi connectivity index (χ0v) is 10.6. The van der Waals surface area contributed by atoms with Crippen LogP contribution in [0.2, 0.25) is 0 Å². The lowest BCUT2D eigenvalue weighted by Gasteiger charge is -2.02. The van der Waals surface area contributed by atoms with Crippen molar-refractivity contribution >= 4 is 27.5 Å². The molecule has 0 aliphatic rings. The lowest BCUT2D eigenvalue weighted by Crippen LogP contribution is -2.17. The Kier molecular flexibility index (Phi) is 4.43. The van der Waals surface area contributed by atoms with E-state index in [1.807, 2.05) is 0 Å². The maximum atomic E-state index is 10.7. The molecule has 7 nitrogen and oxygen atoms in total. The summed E-state index contributed by atoms with van der Waals surface area (Å²) >= 11 is 0.999. The van der Waals surface area contributed by atoms with E-state index in [0.717, 1.165) is 11.8 Å². The maximum absolute atomic E-state index is 10.7. The Balaban J connectivity index is 2.81. The fourth-order valence-corrected chi connectivity index (χ4v) is 2.90. The zero-order chi connectivity index (χ0) is 13.1. The summed E-state index contributed by atoms with van der Waals surface area (Å²) < 4.78 is 21.4. The maximum Gasteiger partial charge on any atom is 0.301 e. The minimum Gasteiger partial charge on any atom is -0.258 e. The number of aromatic nitrogens is 1. The molecule has 9 heteroatoms. The van der Waals surface area contributed by atoms with Crippen LogP contribution in [0.1, 0.15) is 5.56 Å². The number of primary sulfonamides is 1. The summed E-state index contributed by atoms with van der Waals surface area (Å²) in [5.41, 5.74) is 0.553. The highest BCUT2D eigenvalue weighted by Gasteiger charge is 2.16. The Morgan fingerprint density at radius 1 is 1.59 bits per heavy atom. The molecular formula is C8H11N3O4S2. The molecule has 0 unspecified atom stereocenters. The minimum atomic E-state index is -3.55. The van der Waals surface area contributed by atoms with Gasteiger partial charge in [-0.05, 0) is 12.5 Å². The molecule has 94 valence electrons. The summed E-state index contributed by atoms with van der Waals surface area (Å²) in [4.78, 5) is 14.1. The predicted molar refractivity (Wildman–Crippen MR) is 64.3 cm³/mol. The second kappa shape index (κ2) is 5.43. The Morgan fingerprint density at radius 3 is 2.76 bits per heavy atom. The molecule has 0 amide bonds. The van der Waals surface area contributed by atoms with Crippen molar-refractivity contribution < 1.29 is 13.3 Å². The minimum absolute atomic E-state index is 0.121. The van der Waals surface area contributed by atoms with Crippen molar-refractivity contribution in [2.45, 2.75) is 11.9 Å². The van der Waals surface area contributed by atoms with Crippen molar-refractivity contribution in [2.24, 2.45) is 5.14 Å². The molecule has 0 saturated carbocycles. The molecule has 0 saturated heterocycles.